The molecule has 0 aliphatic heterocycles. The zero-order chi connectivity index (χ0) is 16.7. The summed E-state index contributed by atoms with van der Waals surface area (Å²) >= 11 is 0. The summed E-state index contributed by atoms with van der Waals surface area (Å²) in [5.74, 6) is -1.58. The maximum atomic E-state index is 11.6. The topological polar surface area (TPSA) is 49.3 Å². The molecule has 2 rings (SSSR count). The van der Waals surface area contributed by atoms with Crippen LogP contribution >= 0.6 is 0 Å². The average Bonchev–Trinajstić information content (AvgIpc) is 2.54. The molecule has 23 heavy (non-hydrogen) atoms. The van der Waals surface area contributed by atoms with Gasteiger partial charge in [0.2, 0.25) is 0 Å². The van der Waals surface area contributed by atoms with E-state index in [1.807, 2.05) is 72.8 Å². The van der Waals surface area contributed by atoms with Gasteiger partial charge in [0.25, 0.3) is 0 Å². The highest BCUT2D eigenvalue weighted by Gasteiger charge is 2.27. The van der Waals surface area contributed by atoms with Crippen LogP contribution in [0.4, 0.5) is 5.69 Å². The summed E-state index contributed by atoms with van der Waals surface area (Å²) < 4.78 is 0. The van der Waals surface area contributed by atoms with E-state index in [2.05, 4.69) is 11.9 Å². The van der Waals surface area contributed by atoms with Crippen LogP contribution in [0.3, 0.4) is 0 Å². The Balaban J connectivity index is 2.28. The Kier molecular flexibility index (Phi) is 5.75. The molecule has 0 saturated carbocycles. The molecule has 3 heteroatoms. The van der Waals surface area contributed by atoms with Crippen LogP contribution in [0.2, 0.25) is 0 Å². The van der Waals surface area contributed by atoms with Gasteiger partial charge in [-0.2, -0.15) is 0 Å². The van der Waals surface area contributed by atoms with Crippen molar-refractivity contribution in [3.8, 4) is 0 Å². The van der Waals surface area contributed by atoms with Gasteiger partial charge in [-0.15, -0.1) is 0 Å². The van der Waals surface area contributed by atoms with Crippen LogP contribution in [0.25, 0.3) is 6.08 Å². The van der Waals surface area contributed by atoms with E-state index in [1.165, 1.54) is 0 Å². The molecule has 0 aliphatic carbocycles. The highest BCUT2D eigenvalue weighted by Crippen LogP contribution is 2.21. The summed E-state index contributed by atoms with van der Waals surface area (Å²) in [4.78, 5) is 11.6. The van der Waals surface area contributed by atoms with Crippen molar-refractivity contribution in [1.82, 2.24) is 0 Å². The molecule has 0 aromatic heterocycles. The zero-order valence-corrected chi connectivity index (χ0v) is 13.1. The third-order valence-corrected chi connectivity index (χ3v) is 3.56. The van der Waals surface area contributed by atoms with Gasteiger partial charge in [0.05, 0.1) is 6.04 Å². The first-order valence-corrected chi connectivity index (χ1v) is 7.51. The lowest BCUT2D eigenvalue weighted by atomic mass is 9.92. The SMILES string of the molecule is C=C(C)[C@@H](C(=O)O)[C@@H](/C=C/c1ccccc1)Nc1ccccc1. The molecule has 0 fully saturated rings. The molecule has 0 radical (unpaired) electrons. The second-order valence-electron chi connectivity index (χ2n) is 5.47. The van der Waals surface area contributed by atoms with Crippen LogP contribution in [0, 0.1) is 5.92 Å². The number of carboxylic acids is 1. The molecular formula is C20H21NO2. The fourth-order valence-electron chi connectivity index (χ4n) is 2.42. The summed E-state index contributed by atoms with van der Waals surface area (Å²) in [5.41, 5.74) is 2.52. The highest BCUT2D eigenvalue weighted by molar-refractivity contribution is 5.76. The van der Waals surface area contributed by atoms with E-state index >= 15 is 0 Å². The zero-order valence-electron chi connectivity index (χ0n) is 13.1. The number of hydrogen-bond donors (Lipinski definition) is 2. The molecule has 3 nitrogen and oxygen atoms in total. The fraction of sp³-hybridized carbons (Fsp3) is 0.150. The maximum Gasteiger partial charge on any atom is 0.313 e. The van der Waals surface area contributed by atoms with Crippen LogP contribution in [-0.4, -0.2) is 17.1 Å². The van der Waals surface area contributed by atoms with E-state index < -0.39 is 11.9 Å². The number of rotatable bonds is 7. The first kappa shape index (κ1) is 16.6. The molecule has 0 amide bonds. The minimum atomic E-state index is -0.886. The lowest BCUT2D eigenvalue weighted by Crippen LogP contribution is -2.33. The average molecular weight is 307 g/mol. The van der Waals surface area contributed by atoms with Crippen molar-refractivity contribution in [2.75, 3.05) is 5.32 Å². The second-order valence-corrected chi connectivity index (χ2v) is 5.47. The van der Waals surface area contributed by atoms with Crippen LogP contribution in [0.1, 0.15) is 12.5 Å². The van der Waals surface area contributed by atoms with Crippen molar-refractivity contribution in [3.05, 3.63) is 84.5 Å². The van der Waals surface area contributed by atoms with Crippen LogP contribution in [0.5, 0.6) is 0 Å². The van der Waals surface area contributed by atoms with Crippen molar-refractivity contribution in [3.63, 3.8) is 0 Å². The largest absolute Gasteiger partial charge is 0.481 e. The minimum absolute atomic E-state index is 0.382. The number of nitrogens with one attached hydrogen (secondary N) is 1. The van der Waals surface area contributed by atoms with E-state index in [1.54, 1.807) is 6.92 Å². The quantitative estimate of drug-likeness (QED) is 0.743. The van der Waals surface area contributed by atoms with Gasteiger partial charge in [-0.25, -0.2) is 0 Å². The fourth-order valence-corrected chi connectivity index (χ4v) is 2.42. The second kappa shape index (κ2) is 7.99. The number of carbonyl (C=O) groups is 1. The Morgan fingerprint density at radius 1 is 1.09 bits per heavy atom. The Labute approximate surface area is 137 Å². The van der Waals surface area contributed by atoms with Crippen molar-refractivity contribution >= 4 is 17.7 Å². The molecule has 0 spiro atoms. The molecule has 0 aliphatic rings. The Morgan fingerprint density at radius 2 is 1.65 bits per heavy atom. The number of hydrogen-bond acceptors (Lipinski definition) is 2. The third-order valence-electron chi connectivity index (χ3n) is 3.56. The van der Waals surface area contributed by atoms with Crippen molar-refractivity contribution in [2.24, 2.45) is 5.92 Å². The molecule has 0 bridgehead atoms. The van der Waals surface area contributed by atoms with E-state index in [4.69, 9.17) is 0 Å². The van der Waals surface area contributed by atoms with Gasteiger partial charge < -0.3 is 10.4 Å². The number of aliphatic carboxylic acids is 1. The Bertz CT molecular complexity index is 663. The summed E-state index contributed by atoms with van der Waals surface area (Å²) in [7, 11) is 0. The minimum Gasteiger partial charge on any atom is -0.481 e. The predicted molar refractivity (Wildman–Crippen MR) is 95.3 cm³/mol. The summed E-state index contributed by atoms with van der Waals surface area (Å²) in [6.07, 6.45) is 3.81. The Morgan fingerprint density at radius 3 is 2.17 bits per heavy atom. The van der Waals surface area contributed by atoms with E-state index in [-0.39, 0.29) is 6.04 Å². The van der Waals surface area contributed by atoms with Crippen LogP contribution < -0.4 is 5.32 Å². The van der Waals surface area contributed by atoms with E-state index in [0.717, 1.165) is 11.3 Å². The number of benzene rings is 2. The number of carboxylic acid groups (broad SMARTS) is 1. The van der Waals surface area contributed by atoms with E-state index in [0.29, 0.717) is 5.57 Å². The monoisotopic (exact) mass is 307 g/mol. The molecule has 0 heterocycles. The van der Waals surface area contributed by atoms with Crippen LogP contribution in [-0.2, 0) is 4.79 Å². The number of anilines is 1. The lowest BCUT2D eigenvalue weighted by Gasteiger charge is -2.24. The first-order chi connectivity index (χ1) is 11.1. The highest BCUT2D eigenvalue weighted by atomic mass is 16.4. The molecule has 2 aromatic carbocycles. The molecular weight excluding hydrogens is 286 g/mol. The molecule has 0 unspecified atom stereocenters. The normalized spacial score (nSPS) is 13.4. The van der Waals surface area contributed by atoms with Gasteiger partial charge >= 0.3 is 5.97 Å². The van der Waals surface area contributed by atoms with Gasteiger partial charge in [-0.3, -0.25) is 4.79 Å². The van der Waals surface area contributed by atoms with E-state index in [9.17, 15) is 9.90 Å². The van der Waals surface area contributed by atoms with Crippen molar-refractivity contribution in [1.29, 1.82) is 0 Å². The number of para-hydroxylation sites is 1. The summed E-state index contributed by atoms with van der Waals surface area (Å²) in [6, 6.07) is 19.0. The molecule has 2 aromatic rings. The molecule has 0 saturated heterocycles. The van der Waals surface area contributed by atoms with Gasteiger partial charge in [-0.1, -0.05) is 72.8 Å². The summed E-state index contributed by atoms with van der Waals surface area (Å²) in [5, 5.41) is 12.8. The third kappa shape index (κ3) is 4.85. The maximum absolute atomic E-state index is 11.6. The molecule has 2 N–H and O–H groups in total. The molecule has 118 valence electrons. The van der Waals surface area contributed by atoms with Gasteiger partial charge in [-0.05, 0) is 24.6 Å². The first-order valence-electron chi connectivity index (χ1n) is 7.51. The molecule has 2 atom stereocenters. The van der Waals surface area contributed by atoms with Crippen molar-refractivity contribution in [2.45, 2.75) is 13.0 Å². The standard InChI is InChI=1S/C20H21NO2/c1-15(2)19(20(22)23)18(21-17-11-7-4-8-12-17)14-13-16-9-5-3-6-10-16/h3-14,18-19,21H,1H2,2H3,(H,22,23)/b14-13+/t18-,19-/m1/s1. The lowest BCUT2D eigenvalue weighted by molar-refractivity contribution is -0.140. The van der Waals surface area contributed by atoms with Gasteiger partial charge in [0, 0.05) is 5.69 Å². The van der Waals surface area contributed by atoms with Crippen LogP contribution in [0.15, 0.2) is 78.9 Å². The summed E-state index contributed by atoms with van der Waals surface area (Å²) in [6.45, 7) is 5.58. The predicted octanol–water partition coefficient (Wildman–Crippen LogP) is 4.46. The van der Waals surface area contributed by atoms with Gasteiger partial charge in [0.1, 0.15) is 5.92 Å². The van der Waals surface area contributed by atoms with Crippen molar-refractivity contribution < 1.29 is 9.90 Å². The Hall–Kier alpha value is -2.81. The smallest absolute Gasteiger partial charge is 0.313 e. The van der Waals surface area contributed by atoms with Gasteiger partial charge in [0.15, 0.2) is 0 Å².